The number of rotatable bonds is 7. The van der Waals surface area contributed by atoms with E-state index in [9.17, 15) is 9.59 Å². The van der Waals surface area contributed by atoms with Gasteiger partial charge in [0.15, 0.2) is 0 Å². The summed E-state index contributed by atoms with van der Waals surface area (Å²) in [5.74, 6) is -0.287. The van der Waals surface area contributed by atoms with Gasteiger partial charge in [0.25, 0.3) is 0 Å². The molecule has 0 aromatic carbocycles. The number of esters is 1. The van der Waals surface area contributed by atoms with Gasteiger partial charge < -0.3 is 9.64 Å². The summed E-state index contributed by atoms with van der Waals surface area (Å²) in [7, 11) is 1.69. The topological polar surface area (TPSA) is 46.6 Å². The zero-order valence-corrected chi connectivity index (χ0v) is 9.49. The molecule has 0 aliphatic carbocycles. The Balaban J connectivity index is 3.50. The van der Waals surface area contributed by atoms with Crippen LogP contribution in [0.15, 0.2) is 12.7 Å². The van der Waals surface area contributed by atoms with Crippen LogP contribution in [0, 0.1) is 0 Å². The highest BCUT2D eigenvalue weighted by atomic mass is 16.5. The molecule has 0 aliphatic rings. The summed E-state index contributed by atoms with van der Waals surface area (Å²) in [6.45, 7) is 6.26. The van der Waals surface area contributed by atoms with Gasteiger partial charge in [-0.05, 0) is 18.9 Å². The normalized spacial score (nSPS) is 9.47. The highest BCUT2D eigenvalue weighted by molar-refractivity contribution is 5.86. The summed E-state index contributed by atoms with van der Waals surface area (Å²) in [5.41, 5.74) is 0. The molecule has 0 heterocycles. The Labute approximate surface area is 90.9 Å². The van der Waals surface area contributed by atoms with Gasteiger partial charge in [-0.15, -0.1) is 0 Å². The van der Waals surface area contributed by atoms with E-state index in [1.165, 1.54) is 6.08 Å². The standard InChI is InChI=1S/C11H19NO3/c1-4-7-11(14)15-9-6-8-12(3)10(13)5-2/h5H,2,4,6-9H2,1,3H3. The van der Waals surface area contributed by atoms with E-state index in [-0.39, 0.29) is 11.9 Å². The average Bonchev–Trinajstić information content (AvgIpc) is 2.23. The quantitative estimate of drug-likeness (QED) is 0.364. The lowest BCUT2D eigenvalue weighted by molar-refractivity contribution is -0.143. The molecule has 0 saturated heterocycles. The fourth-order valence-electron chi connectivity index (χ4n) is 1.03. The van der Waals surface area contributed by atoms with E-state index in [4.69, 9.17) is 4.74 Å². The second kappa shape index (κ2) is 8.03. The van der Waals surface area contributed by atoms with Crippen molar-refractivity contribution in [2.75, 3.05) is 20.2 Å². The SMILES string of the molecule is C=CC(=O)N(C)CCCOC(=O)CCC. The predicted octanol–water partition coefficient (Wildman–Crippen LogP) is 1.36. The molecule has 0 aromatic heterocycles. The predicted molar refractivity (Wildman–Crippen MR) is 58.3 cm³/mol. The van der Waals surface area contributed by atoms with Gasteiger partial charge in [0, 0.05) is 20.0 Å². The van der Waals surface area contributed by atoms with Crippen LogP contribution in [0.25, 0.3) is 0 Å². The molecular formula is C11H19NO3. The fraction of sp³-hybridized carbons (Fsp3) is 0.636. The maximum absolute atomic E-state index is 11.0. The molecule has 0 radical (unpaired) electrons. The Morgan fingerprint density at radius 3 is 2.67 bits per heavy atom. The first-order valence-electron chi connectivity index (χ1n) is 5.15. The summed E-state index contributed by atoms with van der Waals surface area (Å²) in [4.78, 5) is 23.5. The molecule has 0 N–H and O–H groups in total. The minimum Gasteiger partial charge on any atom is -0.466 e. The molecule has 0 rings (SSSR count). The van der Waals surface area contributed by atoms with Crippen LogP contribution >= 0.6 is 0 Å². The second-order valence-corrected chi connectivity index (χ2v) is 3.29. The Kier molecular flexibility index (Phi) is 7.32. The van der Waals surface area contributed by atoms with Crippen LogP contribution in [0.4, 0.5) is 0 Å². The van der Waals surface area contributed by atoms with E-state index in [0.717, 1.165) is 6.42 Å². The minimum absolute atomic E-state index is 0.116. The summed E-state index contributed by atoms with van der Waals surface area (Å²) in [6, 6.07) is 0. The van der Waals surface area contributed by atoms with Crippen molar-refractivity contribution < 1.29 is 14.3 Å². The molecule has 0 atom stereocenters. The van der Waals surface area contributed by atoms with Gasteiger partial charge in [0.1, 0.15) is 0 Å². The zero-order chi connectivity index (χ0) is 11.7. The van der Waals surface area contributed by atoms with Crippen molar-refractivity contribution in [1.29, 1.82) is 0 Å². The highest BCUT2D eigenvalue weighted by Gasteiger charge is 2.04. The average molecular weight is 213 g/mol. The molecule has 4 nitrogen and oxygen atoms in total. The maximum atomic E-state index is 11.0. The second-order valence-electron chi connectivity index (χ2n) is 3.29. The molecule has 0 aromatic rings. The van der Waals surface area contributed by atoms with Gasteiger partial charge in [-0.1, -0.05) is 13.5 Å². The van der Waals surface area contributed by atoms with E-state index in [1.807, 2.05) is 6.92 Å². The van der Waals surface area contributed by atoms with Gasteiger partial charge in [0.05, 0.1) is 6.61 Å². The Morgan fingerprint density at radius 1 is 1.47 bits per heavy atom. The molecule has 0 unspecified atom stereocenters. The van der Waals surface area contributed by atoms with Crippen LogP contribution in [-0.4, -0.2) is 37.0 Å². The lowest BCUT2D eigenvalue weighted by atomic mass is 10.3. The molecule has 0 spiro atoms. The summed E-state index contributed by atoms with van der Waals surface area (Å²) in [5, 5.41) is 0. The first-order valence-corrected chi connectivity index (χ1v) is 5.15. The number of hydrogen-bond acceptors (Lipinski definition) is 3. The van der Waals surface area contributed by atoms with Crippen molar-refractivity contribution in [3.05, 3.63) is 12.7 Å². The van der Waals surface area contributed by atoms with Crippen molar-refractivity contribution in [3.63, 3.8) is 0 Å². The first kappa shape index (κ1) is 13.7. The monoisotopic (exact) mass is 213 g/mol. The van der Waals surface area contributed by atoms with Crippen LogP contribution in [-0.2, 0) is 14.3 Å². The summed E-state index contributed by atoms with van der Waals surface area (Å²) < 4.78 is 4.94. The zero-order valence-electron chi connectivity index (χ0n) is 9.49. The van der Waals surface area contributed by atoms with E-state index < -0.39 is 0 Å². The molecule has 1 amide bonds. The largest absolute Gasteiger partial charge is 0.466 e. The van der Waals surface area contributed by atoms with E-state index in [2.05, 4.69) is 6.58 Å². The van der Waals surface area contributed by atoms with E-state index in [1.54, 1.807) is 11.9 Å². The van der Waals surface area contributed by atoms with Crippen LogP contribution < -0.4 is 0 Å². The molecule has 86 valence electrons. The van der Waals surface area contributed by atoms with Gasteiger partial charge in [0.2, 0.25) is 5.91 Å². The smallest absolute Gasteiger partial charge is 0.305 e. The highest BCUT2D eigenvalue weighted by Crippen LogP contribution is 1.94. The summed E-state index contributed by atoms with van der Waals surface area (Å²) in [6.07, 6.45) is 3.18. The number of carbonyl (C=O) groups is 2. The van der Waals surface area contributed by atoms with Crippen LogP contribution in [0.3, 0.4) is 0 Å². The van der Waals surface area contributed by atoms with E-state index in [0.29, 0.717) is 26.0 Å². The Hall–Kier alpha value is -1.32. The van der Waals surface area contributed by atoms with Gasteiger partial charge in [-0.2, -0.15) is 0 Å². The van der Waals surface area contributed by atoms with Gasteiger partial charge in [-0.25, -0.2) is 0 Å². The van der Waals surface area contributed by atoms with Crippen molar-refractivity contribution in [3.8, 4) is 0 Å². The molecule has 0 saturated carbocycles. The first-order chi connectivity index (χ1) is 7.11. The Bertz CT molecular complexity index is 226. The number of likely N-dealkylation sites (N-methyl/N-ethyl adjacent to an activating group) is 1. The number of carbonyl (C=O) groups excluding carboxylic acids is 2. The Morgan fingerprint density at radius 2 is 2.13 bits per heavy atom. The van der Waals surface area contributed by atoms with Crippen LogP contribution in [0.2, 0.25) is 0 Å². The minimum atomic E-state index is -0.171. The number of hydrogen-bond donors (Lipinski definition) is 0. The van der Waals surface area contributed by atoms with Crippen LogP contribution in [0.1, 0.15) is 26.2 Å². The van der Waals surface area contributed by atoms with Crippen molar-refractivity contribution in [1.82, 2.24) is 4.90 Å². The molecule has 0 bridgehead atoms. The molecule has 4 heteroatoms. The van der Waals surface area contributed by atoms with Gasteiger partial charge in [-0.3, -0.25) is 9.59 Å². The number of ether oxygens (including phenoxy) is 1. The third kappa shape index (κ3) is 6.71. The fourth-order valence-corrected chi connectivity index (χ4v) is 1.03. The molecule has 0 aliphatic heterocycles. The lowest BCUT2D eigenvalue weighted by Gasteiger charge is -2.14. The van der Waals surface area contributed by atoms with Crippen molar-refractivity contribution in [2.24, 2.45) is 0 Å². The van der Waals surface area contributed by atoms with E-state index >= 15 is 0 Å². The third-order valence-electron chi connectivity index (χ3n) is 1.91. The maximum Gasteiger partial charge on any atom is 0.305 e. The lowest BCUT2D eigenvalue weighted by Crippen LogP contribution is -2.26. The molecule has 0 fully saturated rings. The van der Waals surface area contributed by atoms with Crippen molar-refractivity contribution >= 4 is 11.9 Å². The summed E-state index contributed by atoms with van der Waals surface area (Å²) >= 11 is 0. The number of amides is 1. The third-order valence-corrected chi connectivity index (χ3v) is 1.91. The van der Waals surface area contributed by atoms with Crippen molar-refractivity contribution in [2.45, 2.75) is 26.2 Å². The number of nitrogens with zero attached hydrogens (tertiary/aromatic N) is 1. The molecular weight excluding hydrogens is 194 g/mol. The van der Waals surface area contributed by atoms with Crippen LogP contribution in [0.5, 0.6) is 0 Å². The van der Waals surface area contributed by atoms with Gasteiger partial charge >= 0.3 is 5.97 Å². The molecule has 15 heavy (non-hydrogen) atoms.